The number of pyridine rings is 1. The number of hydrogen-bond donors (Lipinski definition) is 0. The highest BCUT2D eigenvalue weighted by Crippen LogP contribution is 2.42. The predicted molar refractivity (Wildman–Crippen MR) is 80.2 cm³/mol. The monoisotopic (exact) mass is 318 g/mol. The third-order valence-corrected chi connectivity index (χ3v) is 4.06. The number of benzene rings is 1. The molecule has 3 heterocycles. The summed E-state index contributed by atoms with van der Waals surface area (Å²) in [5, 5.41) is 0. The summed E-state index contributed by atoms with van der Waals surface area (Å²) in [6.45, 7) is 0.556. The zero-order chi connectivity index (χ0) is 16.0. The normalized spacial score (nSPS) is 20.0. The fourth-order valence-electron chi connectivity index (χ4n) is 3.03. The van der Waals surface area contributed by atoms with Crippen molar-refractivity contribution >= 4 is 17.6 Å². The number of nitrogens with zero attached hydrogens (tertiary/aromatic N) is 2. The van der Waals surface area contributed by atoms with Crippen LogP contribution in [-0.4, -0.2) is 17.8 Å². The predicted octanol–water partition coefficient (Wildman–Crippen LogP) is 4.38. The standard InChI is InChI=1S/C17H13F3N2O/c18-17(19,20)13-4-1-5-14(10-13)22-15-11(3-2-7-21-15)9-12-6-8-23-16(12)22/h1-5,7,9-10,16H,6,8H2. The molecular formula is C17H13F3N2O. The average Bonchev–Trinajstić information content (AvgIpc) is 2.99. The Kier molecular flexibility index (Phi) is 3.16. The molecule has 2 aliphatic rings. The number of alkyl halides is 3. The highest BCUT2D eigenvalue weighted by molar-refractivity contribution is 5.77. The van der Waals surface area contributed by atoms with Crippen LogP contribution >= 0.6 is 0 Å². The number of ether oxygens (including phenoxy) is 1. The lowest BCUT2D eigenvalue weighted by Gasteiger charge is -2.34. The molecule has 6 heteroatoms. The van der Waals surface area contributed by atoms with Gasteiger partial charge in [-0.3, -0.25) is 4.90 Å². The smallest absolute Gasteiger partial charge is 0.354 e. The summed E-state index contributed by atoms with van der Waals surface area (Å²) < 4.78 is 44.8. The van der Waals surface area contributed by atoms with Crippen molar-refractivity contribution in [3.63, 3.8) is 0 Å². The van der Waals surface area contributed by atoms with Gasteiger partial charge in [-0.25, -0.2) is 4.98 Å². The first-order chi connectivity index (χ1) is 11.0. The first-order valence-electron chi connectivity index (χ1n) is 7.27. The molecule has 1 aromatic carbocycles. The lowest BCUT2D eigenvalue weighted by molar-refractivity contribution is -0.137. The van der Waals surface area contributed by atoms with Crippen LogP contribution in [0.15, 0.2) is 48.2 Å². The summed E-state index contributed by atoms with van der Waals surface area (Å²) in [6.07, 6.45) is -0.347. The second kappa shape index (κ2) is 5.09. The Morgan fingerprint density at radius 1 is 1.17 bits per heavy atom. The molecule has 0 radical (unpaired) electrons. The summed E-state index contributed by atoms with van der Waals surface area (Å²) in [5.41, 5.74) is 1.70. The van der Waals surface area contributed by atoms with Crippen molar-refractivity contribution in [2.45, 2.75) is 18.8 Å². The van der Waals surface area contributed by atoms with E-state index in [0.29, 0.717) is 18.1 Å². The Hall–Kier alpha value is -2.34. The zero-order valence-electron chi connectivity index (χ0n) is 12.0. The topological polar surface area (TPSA) is 25.4 Å². The van der Waals surface area contributed by atoms with Crippen LogP contribution in [0.5, 0.6) is 0 Å². The van der Waals surface area contributed by atoms with Gasteiger partial charge in [0.25, 0.3) is 0 Å². The first kappa shape index (κ1) is 14.3. The molecule has 0 bridgehead atoms. The van der Waals surface area contributed by atoms with E-state index in [2.05, 4.69) is 4.98 Å². The number of aromatic nitrogens is 1. The highest BCUT2D eigenvalue weighted by Gasteiger charge is 2.36. The molecule has 0 aliphatic carbocycles. The van der Waals surface area contributed by atoms with Crippen LogP contribution < -0.4 is 4.90 Å². The van der Waals surface area contributed by atoms with Crippen LogP contribution in [0.3, 0.4) is 0 Å². The number of rotatable bonds is 1. The van der Waals surface area contributed by atoms with E-state index >= 15 is 0 Å². The molecule has 1 unspecified atom stereocenters. The molecule has 1 aromatic heterocycles. The van der Waals surface area contributed by atoms with Crippen LogP contribution in [0.1, 0.15) is 17.5 Å². The Morgan fingerprint density at radius 2 is 2.04 bits per heavy atom. The minimum atomic E-state index is -4.38. The van der Waals surface area contributed by atoms with E-state index < -0.39 is 11.7 Å². The van der Waals surface area contributed by atoms with E-state index in [1.165, 1.54) is 6.07 Å². The molecule has 118 valence electrons. The maximum atomic E-state index is 13.0. The fraction of sp³-hybridized carbons (Fsp3) is 0.235. The molecule has 23 heavy (non-hydrogen) atoms. The molecule has 1 fully saturated rings. The summed E-state index contributed by atoms with van der Waals surface area (Å²) in [6, 6.07) is 9.00. The lowest BCUT2D eigenvalue weighted by Crippen LogP contribution is -2.35. The third-order valence-electron chi connectivity index (χ3n) is 4.06. The molecule has 0 spiro atoms. The van der Waals surface area contributed by atoms with Crippen LogP contribution in [-0.2, 0) is 10.9 Å². The minimum absolute atomic E-state index is 0.388. The highest BCUT2D eigenvalue weighted by atomic mass is 19.4. The van der Waals surface area contributed by atoms with Gasteiger partial charge >= 0.3 is 6.18 Å². The maximum absolute atomic E-state index is 13.0. The molecule has 1 atom stereocenters. The number of hydrogen-bond acceptors (Lipinski definition) is 3. The maximum Gasteiger partial charge on any atom is 0.416 e. The Labute approximate surface area is 131 Å². The van der Waals surface area contributed by atoms with Crippen molar-refractivity contribution in [3.05, 3.63) is 59.3 Å². The van der Waals surface area contributed by atoms with Gasteiger partial charge in [0.15, 0.2) is 6.23 Å². The summed E-state index contributed by atoms with van der Waals surface area (Å²) in [4.78, 5) is 6.09. The van der Waals surface area contributed by atoms with E-state index in [1.54, 1.807) is 17.2 Å². The second-order valence-corrected chi connectivity index (χ2v) is 5.53. The number of halogens is 3. The molecular weight excluding hydrogens is 305 g/mol. The average molecular weight is 318 g/mol. The van der Waals surface area contributed by atoms with Crippen molar-refractivity contribution < 1.29 is 17.9 Å². The zero-order valence-corrected chi connectivity index (χ0v) is 12.0. The molecule has 0 saturated carbocycles. The number of fused-ring (bicyclic) bond motifs is 2. The van der Waals surface area contributed by atoms with Gasteiger partial charge in [-0.2, -0.15) is 13.2 Å². The van der Waals surface area contributed by atoms with Gasteiger partial charge < -0.3 is 4.74 Å². The molecule has 2 aromatic rings. The van der Waals surface area contributed by atoms with Gasteiger partial charge in [-0.15, -0.1) is 0 Å². The van der Waals surface area contributed by atoms with E-state index in [0.717, 1.165) is 29.7 Å². The van der Waals surface area contributed by atoms with Crippen molar-refractivity contribution in [2.24, 2.45) is 0 Å². The largest absolute Gasteiger partial charge is 0.416 e. The van der Waals surface area contributed by atoms with E-state index in [-0.39, 0.29) is 6.23 Å². The number of anilines is 2. The fourth-order valence-corrected chi connectivity index (χ4v) is 3.03. The van der Waals surface area contributed by atoms with Gasteiger partial charge in [-0.05, 0) is 48.4 Å². The third kappa shape index (κ3) is 2.39. The Morgan fingerprint density at radius 3 is 2.87 bits per heavy atom. The van der Waals surface area contributed by atoms with Gasteiger partial charge in [0.2, 0.25) is 0 Å². The van der Waals surface area contributed by atoms with Gasteiger partial charge in [0.05, 0.1) is 12.2 Å². The second-order valence-electron chi connectivity index (χ2n) is 5.53. The van der Waals surface area contributed by atoms with Crippen molar-refractivity contribution in [1.29, 1.82) is 0 Å². The van der Waals surface area contributed by atoms with Crippen LogP contribution in [0, 0.1) is 0 Å². The van der Waals surface area contributed by atoms with Crippen LogP contribution in [0.4, 0.5) is 24.7 Å². The van der Waals surface area contributed by atoms with Gasteiger partial charge in [0, 0.05) is 17.4 Å². The molecule has 3 nitrogen and oxygen atoms in total. The minimum Gasteiger partial charge on any atom is -0.354 e. The van der Waals surface area contributed by atoms with Crippen molar-refractivity contribution in [1.82, 2.24) is 4.98 Å². The SMILES string of the molecule is FC(F)(F)c1cccc(N2c3ncccc3C=C3CCOC32)c1. The molecule has 1 saturated heterocycles. The summed E-state index contributed by atoms with van der Waals surface area (Å²) in [5.74, 6) is 0.613. The Bertz CT molecular complexity index is 785. The molecule has 2 aliphatic heterocycles. The van der Waals surface area contributed by atoms with Crippen molar-refractivity contribution in [2.75, 3.05) is 11.5 Å². The van der Waals surface area contributed by atoms with Crippen LogP contribution in [0.25, 0.3) is 6.08 Å². The lowest BCUT2D eigenvalue weighted by atomic mass is 10.0. The Balaban J connectivity index is 1.86. The van der Waals surface area contributed by atoms with Crippen molar-refractivity contribution in [3.8, 4) is 0 Å². The van der Waals surface area contributed by atoms with E-state index in [1.807, 2.05) is 18.2 Å². The van der Waals surface area contributed by atoms with E-state index in [4.69, 9.17) is 4.74 Å². The molecule has 0 N–H and O–H groups in total. The van der Waals surface area contributed by atoms with E-state index in [9.17, 15) is 13.2 Å². The molecule has 4 rings (SSSR count). The molecule has 0 amide bonds. The first-order valence-corrected chi connectivity index (χ1v) is 7.27. The van der Waals surface area contributed by atoms with Gasteiger partial charge in [0.1, 0.15) is 5.82 Å². The van der Waals surface area contributed by atoms with Crippen LogP contribution in [0.2, 0.25) is 0 Å². The quantitative estimate of drug-likeness (QED) is 0.780. The summed E-state index contributed by atoms with van der Waals surface area (Å²) in [7, 11) is 0. The van der Waals surface area contributed by atoms with Gasteiger partial charge in [-0.1, -0.05) is 6.07 Å². The summed E-state index contributed by atoms with van der Waals surface area (Å²) >= 11 is 0.